The van der Waals surface area contributed by atoms with Gasteiger partial charge in [0.25, 0.3) is 0 Å². The molecule has 0 saturated heterocycles. The van der Waals surface area contributed by atoms with E-state index < -0.39 is 42.2 Å². The molecule has 1 amide bonds. The molecule has 0 aliphatic rings. The summed E-state index contributed by atoms with van der Waals surface area (Å²) in [6.45, 7) is 1.44. The van der Waals surface area contributed by atoms with Crippen LogP contribution in [0.4, 0.5) is 4.79 Å². The average Bonchev–Trinajstić information content (AvgIpc) is 2.67. The number of methoxy groups -OCH3 is 2. The molecular weight excluding hydrogens is 354 g/mol. The lowest BCUT2D eigenvalue weighted by molar-refractivity contribution is -0.160. The number of ether oxygens (including phenoxy) is 3. The van der Waals surface area contributed by atoms with Crippen molar-refractivity contribution in [3.8, 4) is 11.8 Å². The molecule has 1 N–H and O–H groups in total. The van der Waals surface area contributed by atoms with E-state index in [-0.39, 0.29) is 6.61 Å². The summed E-state index contributed by atoms with van der Waals surface area (Å²) >= 11 is 0. The largest absolute Gasteiger partial charge is 0.468 e. The van der Waals surface area contributed by atoms with Gasteiger partial charge in [-0.3, -0.25) is 14.4 Å². The molecular formula is C19H21NO7. The van der Waals surface area contributed by atoms with Crippen molar-refractivity contribution in [1.82, 2.24) is 5.32 Å². The van der Waals surface area contributed by atoms with E-state index in [0.29, 0.717) is 0 Å². The highest BCUT2D eigenvalue weighted by atomic mass is 16.6. The summed E-state index contributed by atoms with van der Waals surface area (Å²) in [4.78, 5) is 48.0. The van der Waals surface area contributed by atoms with Crippen LogP contribution in [0, 0.1) is 17.8 Å². The van der Waals surface area contributed by atoms with Gasteiger partial charge >= 0.3 is 18.0 Å². The van der Waals surface area contributed by atoms with E-state index in [1.54, 1.807) is 24.3 Å². The molecule has 0 radical (unpaired) electrons. The quantitative estimate of drug-likeness (QED) is 0.239. The number of hydrogen-bond acceptors (Lipinski definition) is 7. The fourth-order valence-electron chi connectivity index (χ4n) is 2.24. The smallest absolute Gasteiger partial charge is 0.407 e. The highest BCUT2D eigenvalue weighted by Crippen LogP contribution is 2.14. The Hall–Kier alpha value is -3.34. The molecule has 0 fully saturated rings. The molecule has 0 aromatic heterocycles. The minimum atomic E-state index is -1.54. The van der Waals surface area contributed by atoms with E-state index >= 15 is 0 Å². The molecule has 0 spiro atoms. The number of carbonyl (C=O) groups is 4. The lowest BCUT2D eigenvalue weighted by atomic mass is 9.95. The Morgan fingerprint density at radius 1 is 1.04 bits per heavy atom. The van der Waals surface area contributed by atoms with Gasteiger partial charge in [-0.15, -0.1) is 0 Å². The molecule has 0 aliphatic heterocycles. The second-order valence-corrected chi connectivity index (χ2v) is 5.34. The maximum atomic E-state index is 12.1. The van der Waals surface area contributed by atoms with Crippen molar-refractivity contribution in [1.29, 1.82) is 0 Å². The Morgan fingerprint density at radius 3 is 2.15 bits per heavy atom. The van der Waals surface area contributed by atoms with Gasteiger partial charge in [-0.05, 0) is 18.4 Å². The number of benzene rings is 1. The van der Waals surface area contributed by atoms with Crippen molar-refractivity contribution in [2.45, 2.75) is 26.0 Å². The molecule has 0 heterocycles. The summed E-state index contributed by atoms with van der Waals surface area (Å²) in [5.41, 5.74) is 0.745. The third-order valence-corrected chi connectivity index (χ3v) is 3.50. The van der Waals surface area contributed by atoms with Crippen molar-refractivity contribution in [3.63, 3.8) is 0 Å². The SMILES string of the molecule is CC#CC(=O)CC(NC(=O)OCc1ccccc1)C(C(=O)OC)C(=O)OC. The van der Waals surface area contributed by atoms with Crippen LogP contribution in [0.2, 0.25) is 0 Å². The van der Waals surface area contributed by atoms with Crippen molar-refractivity contribution in [2.75, 3.05) is 14.2 Å². The monoisotopic (exact) mass is 375 g/mol. The fourth-order valence-corrected chi connectivity index (χ4v) is 2.24. The van der Waals surface area contributed by atoms with Crippen molar-refractivity contribution in [3.05, 3.63) is 35.9 Å². The Morgan fingerprint density at radius 2 is 1.63 bits per heavy atom. The Bertz CT molecular complexity index is 717. The Kier molecular flexibility index (Phi) is 9.09. The molecule has 0 bridgehead atoms. The number of ketones is 1. The Labute approximate surface area is 157 Å². The van der Waals surface area contributed by atoms with E-state index in [9.17, 15) is 19.2 Å². The van der Waals surface area contributed by atoms with Crippen LogP contribution < -0.4 is 5.32 Å². The molecule has 27 heavy (non-hydrogen) atoms. The van der Waals surface area contributed by atoms with E-state index in [2.05, 4.69) is 26.6 Å². The van der Waals surface area contributed by atoms with Crippen LogP contribution in [0.5, 0.6) is 0 Å². The zero-order chi connectivity index (χ0) is 20.2. The van der Waals surface area contributed by atoms with Crippen LogP contribution >= 0.6 is 0 Å². The lowest BCUT2D eigenvalue weighted by Gasteiger charge is -2.23. The molecule has 1 rings (SSSR count). The normalized spacial score (nSPS) is 10.8. The van der Waals surface area contributed by atoms with E-state index in [0.717, 1.165) is 19.8 Å². The summed E-state index contributed by atoms with van der Waals surface area (Å²) < 4.78 is 14.3. The lowest BCUT2D eigenvalue weighted by Crippen LogP contribution is -2.48. The summed E-state index contributed by atoms with van der Waals surface area (Å²) in [6.07, 6.45) is -1.30. The summed E-state index contributed by atoms with van der Waals surface area (Å²) in [5, 5.41) is 2.36. The van der Waals surface area contributed by atoms with Crippen LogP contribution in [0.1, 0.15) is 18.9 Å². The Balaban J connectivity index is 2.92. The van der Waals surface area contributed by atoms with E-state index in [1.165, 1.54) is 6.92 Å². The number of alkyl carbamates (subject to hydrolysis) is 1. The maximum Gasteiger partial charge on any atom is 0.407 e. The maximum absolute atomic E-state index is 12.1. The number of hydrogen-bond donors (Lipinski definition) is 1. The number of amides is 1. The van der Waals surface area contributed by atoms with Crippen molar-refractivity contribution < 1.29 is 33.4 Å². The van der Waals surface area contributed by atoms with E-state index in [4.69, 9.17) is 4.74 Å². The summed E-state index contributed by atoms with van der Waals surface area (Å²) in [6, 6.07) is 7.67. The van der Waals surface area contributed by atoms with Gasteiger partial charge in [0.1, 0.15) is 6.61 Å². The molecule has 1 aromatic rings. The van der Waals surface area contributed by atoms with Gasteiger partial charge in [0.05, 0.1) is 20.3 Å². The molecule has 1 unspecified atom stereocenters. The van der Waals surface area contributed by atoms with Gasteiger partial charge in [-0.2, -0.15) is 0 Å². The first-order valence-corrected chi connectivity index (χ1v) is 8.01. The molecule has 8 nitrogen and oxygen atoms in total. The third-order valence-electron chi connectivity index (χ3n) is 3.50. The number of carbonyl (C=O) groups excluding carboxylic acids is 4. The van der Waals surface area contributed by atoms with Crippen LogP contribution in [0.25, 0.3) is 0 Å². The predicted molar refractivity (Wildman–Crippen MR) is 94.1 cm³/mol. The first kappa shape index (κ1) is 21.7. The van der Waals surface area contributed by atoms with Crippen molar-refractivity contribution in [2.24, 2.45) is 5.92 Å². The second kappa shape index (κ2) is 11.3. The first-order valence-electron chi connectivity index (χ1n) is 8.01. The molecule has 0 aliphatic carbocycles. The van der Waals surface area contributed by atoms with Gasteiger partial charge < -0.3 is 19.5 Å². The molecule has 8 heteroatoms. The predicted octanol–water partition coefficient (Wildman–Crippen LogP) is 1.23. The zero-order valence-corrected chi connectivity index (χ0v) is 15.3. The summed E-state index contributed by atoms with van der Waals surface area (Å²) in [7, 11) is 2.16. The number of rotatable bonds is 8. The standard InChI is InChI=1S/C19H21NO7/c1-4-8-14(21)11-15(16(17(22)25-2)18(23)26-3)20-19(24)27-12-13-9-6-5-7-10-13/h5-7,9-10,15-16H,11-12H2,1-3H3,(H,20,24). The fraction of sp³-hybridized carbons (Fsp3) is 0.368. The number of esters is 2. The first-order chi connectivity index (χ1) is 12.9. The van der Waals surface area contributed by atoms with Crippen LogP contribution in [0.3, 0.4) is 0 Å². The van der Waals surface area contributed by atoms with Gasteiger partial charge in [0, 0.05) is 6.42 Å². The average molecular weight is 375 g/mol. The van der Waals surface area contributed by atoms with Crippen LogP contribution in [-0.2, 0) is 35.2 Å². The highest BCUT2D eigenvalue weighted by Gasteiger charge is 2.39. The zero-order valence-electron chi connectivity index (χ0n) is 15.3. The van der Waals surface area contributed by atoms with E-state index in [1.807, 2.05) is 6.07 Å². The van der Waals surface area contributed by atoms with Crippen LogP contribution in [0.15, 0.2) is 30.3 Å². The van der Waals surface area contributed by atoms with Gasteiger partial charge in [0.15, 0.2) is 5.92 Å². The second-order valence-electron chi connectivity index (χ2n) is 5.34. The third kappa shape index (κ3) is 7.20. The minimum Gasteiger partial charge on any atom is -0.468 e. The van der Waals surface area contributed by atoms with Crippen LogP contribution in [-0.4, -0.2) is 44.1 Å². The van der Waals surface area contributed by atoms with Gasteiger partial charge in [-0.25, -0.2) is 4.79 Å². The minimum absolute atomic E-state index is 0.0246. The summed E-state index contributed by atoms with van der Waals surface area (Å²) in [5.74, 6) is 0.709. The molecule has 144 valence electrons. The highest BCUT2D eigenvalue weighted by molar-refractivity contribution is 6.00. The van der Waals surface area contributed by atoms with Crippen molar-refractivity contribution >= 4 is 23.8 Å². The molecule has 0 saturated carbocycles. The number of Topliss-reactive ketones (excluding diaryl/α,β-unsaturated/α-hetero) is 1. The molecule has 1 atom stereocenters. The van der Waals surface area contributed by atoms with Gasteiger partial charge in [-0.1, -0.05) is 36.3 Å². The number of nitrogens with one attached hydrogen (secondary N) is 1. The molecule has 1 aromatic carbocycles. The van der Waals surface area contributed by atoms with Gasteiger partial charge in [0.2, 0.25) is 5.78 Å². The topological polar surface area (TPSA) is 108 Å².